The van der Waals surface area contributed by atoms with Crippen LogP contribution in [0.25, 0.3) is 0 Å². The third-order valence-corrected chi connectivity index (χ3v) is 7.95. The van der Waals surface area contributed by atoms with E-state index in [2.05, 4.69) is 10.6 Å². The lowest BCUT2D eigenvalue weighted by Crippen LogP contribution is -2.71. The summed E-state index contributed by atoms with van der Waals surface area (Å²) in [6.45, 7) is 2.29. The predicted molar refractivity (Wildman–Crippen MR) is 126 cm³/mol. The quantitative estimate of drug-likeness (QED) is 0.248. The van der Waals surface area contributed by atoms with Crippen LogP contribution in [0.1, 0.15) is 18.5 Å². The molecule has 0 saturated carbocycles. The number of hydrogen-bond acceptors (Lipinski definition) is 9. The first-order chi connectivity index (χ1) is 17.7. The lowest BCUT2D eigenvalue weighted by atomic mass is 10.0. The summed E-state index contributed by atoms with van der Waals surface area (Å²) >= 11 is 1.38. The number of phenols is 1. The Hall–Kier alpha value is -4.07. The predicted octanol–water partition coefficient (Wildman–Crippen LogP) is -0.956. The third kappa shape index (κ3) is 4.16. The average Bonchev–Trinajstić information content (AvgIpc) is 3.26. The van der Waals surface area contributed by atoms with Gasteiger partial charge in [0, 0.05) is 31.0 Å². The lowest BCUT2D eigenvalue weighted by molar-refractivity contribution is -0.153. The van der Waals surface area contributed by atoms with Crippen molar-refractivity contribution in [1.29, 1.82) is 0 Å². The topological polar surface area (TPSA) is 166 Å². The van der Waals surface area contributed by atoms with Crippen molar-refractivity contribution in [2.24, 2.45) is 0 Å². The molecule has 0 bridgehead atoms. The molecule has 4 heterocycles. The van der Waals surface area contributed by atoms with Crippen LogP contribution in [-0.4, -0.2) is 98.8 Å². The first-order valence-electron chi connectivity index (χ1n) is 11.6. The number of likely N-dealkylation sites (N-methyl/N-ethyl adjacent to an activating group) is 1. The summed E-state index contributed by atoms with van der Waals surface area (Å²) in [5, 5.41) is 14.2. The Bertz CT molecular complexity index is 1250. The number of β-lactam (4-membered cyclic amide) rings is 1. The number of thioether (sulfide) groups is 1. The van der Waals surface area contributed by atoms with Gasteiger partial charge in [-0.2, -0.15) is 0 Å². The second-order valence-corrected chi connectivity index (χ2v) is 9.84. The van der Waals surface area contributed by atoms with E-state index in [-0.39, 0.29) is 36.7 Å². The number of phenolic OH excluding ortho intramolecular Hbond substituents is 1. The molecule has 4 aliphatic heterocycles. The molecule has 3 N–H and O–H groups in total. The van der Waals surface area contributed by atoms with Crippen LogP contribution in [-0.2, 0) is 28.7 Å². The Labute approximate surface area is 214 Å². The highest BCUT2D eigenvalue weighted by Crippen LogP contribution is 2.42. The number of imide groups is 1. The summed E-state index contributed by atoms with van der Waals surface area (Å²) in [5.74, 6) is -3.22. The molecule has 2 fully saturated rings. The van der Waals surface area contributed by atoms with Gasteiger partial charge in [0.1, 0.15) is 35.5 Å². The van der Waals surface area contributed by atoms with E-state index >= 15 is 0 Å². The van der Waals surface area contributed by atoms with Crippen molar-refractivity contribution in [3.8, 4) is 5.75 Å². The maximum Gasteiger partial charge on any atom is 0.355 e. The molecule has 0 aromatic heterocycles. The largest absolute Gasteiger partial charge is 0.508 e. The first kappa shape index (κ1) is 24.6. The molecule has 2 saturated heterocycles. The van der Waals surface area contributed by atoms with Crippen molar-refractivity contribution in [3.63, 3.8) is 0 Å². The van der Waals surface area contributed by atoms with Crippen LogP contribution >= 0.6 is 11.8 Å². The number of aromatic hydroxyl groups is 1. The van der Waals surface area contributed by atoms with Gasteiger partial charge >= 0.3 is 23.8 Å². The van der Waals surface area contributed by atoms with E-state index in [0.717, 1.165) is 10.5 Å². The van der Waals surface area contributed by atoms with E-state index in [1.807, 2.05) is 0 Å². The van der Waals surface area contributed by atoms with Gasteiger partial charge in [-0.3, -0.25) is 29.0 Å². The van der Waals surface area contributed by atoms with Crippen molar-refractivity contribution in [2.45, 2.75) is 24.4 Å². The lowest BCUT2D eigenvalue weighted by Gasteiger charge is -2.48. The van der Waals surface area contributed by atoms with Crippen molar-refractivity contribution in [1.82, 2.24) is 25.3 Å². The van der Waals surface area contributed by atoms with Gasteiger partial charge in [-0.1, -0.05) is 12.1 Å². The zero-order valence-corrected chi connectivity index (χ0v) is 20.4. The zero-order chi connectivity index (χ0) is 26.4. The van der Waals surface area contributed by atoms with E-state index in [1.165, 1.54) is 45.8 Å². The molecule has 5 rings (SSSR count). The van der Waals surface area contributed by atoms with Crippen LogP contribution in [0.2, 0.25) is 0 Å². The second-order valence-electron chi connectivity index (χ2n) is 8.74. The summed E-state index contributed by atoms with van der Waals surface area (Å²) in [4.78, 5) is 79.3. The minimum absolute atomic E-state index is 0.0451. The number of cyclic esters (lactones) is 1. The molecule has 37 heavy (non-hydrogen) atoms. The number of fused-ring (bicyclic) bond motifs is 2. The zero-order valence-electron chi connectivity index (χ0n) is 19.6. The van der Waals surface area contributed by atoms with Crippen LogP contribution in [0.3, 0.4) is 0 Å². The number of carbonyl (C=O) groups excluding carboxylic acids is 6. The molecule has 0 radical (unpaired) electrons. The number of esters is 1. The molecule has 0 aliphatic carbocycles. The number of nitrogens with one attached hydrogen (secondary N) is 2. The Morgan fingerprint density at radius 1 is 1.14 bits per heavy atom. The van der Waals surface area contributed by atoms with E-state index in [1.54, 1.807) is 6.92 Å². The normalized spacial score (nSPS) is 23.8. The summed E-state index contributed by atoms with van der Waals surface area (Å²) in [7, 11) is 0. The van der Waals surface area contributed by atoms with Crippen LogP contribution in [0, 0.1) is 0 Å². The van der Waals surface area contributed by atoms with Gasteiger partial charge < -0.3 is 25.4 Å². The molecule has 0 spiro atoms. The molecule has 6 amide bonds. The molecule has 0 unspecified atom stereocenters. The Kier molecular flexibility index (Phi) is 6.27. The average molecular weight is 530 g/mol. The highest BCUT2D eigenvalue weighted by molar-refractivity contribution is 8.00. The number of hydrogen-bond donors (Lipinski definition) is 3. The van der Waals surface area contributed by atoms with Gasteiger partial charge in [-0.15, -0.1) is 11.8 Å². The standard InChI is InChI=1S/C23H23N5O8S/c1-2-26-7-8-27(20(33)19(26)32)23(35)25-14(11-3-5-13(29)6-4-11)17(30)24-15-18(31)28-16-12(9-36-22(16)34)10-37-21(15)28/h3-6,14-15,21,29H,2,7-10H2,1H3,(H,24,30)(H,25,35)/t14-,15-,21-/m0/s1. The van der Waals surface area contributed by atoms with E-state index in [0.29, 0.717) is 12.3 Å². The number of amides is 6. The highest BCUT2D eigenvalue weighted by atomic mass is 32.2. The van der Waals surface area contributed by atoms with Gasteiger partial charge in [0.25, 0.3) is 5.91 Å². The molecule has 1 aromatic rings. The number of ether oxygens (including phenoxy) is 1. The smallest absolute Gasteiger partial charge is 0.355 e. The fourth-order valence-electron chi connectivity index (χ4n) is 4.58. The van der Waals surface area contributed by atoms with Gasteiger partial charge in [0.15, 0.2) is 0 Å². The molecular weight excluding hydrogens is 506 g/mol. The summed E-state index contributed by atoms with van der Waals surface area (Å²) < 4.78 is 5.02. The number of nitrogens with zero attached hydrogens (tertiary/aromatic N) is 3. The van der Waals surface area contributed by atoms with Crippen molar-refractivity contribution >= 4 is 47.4 Å². The molecule has 14 heteroatoms. The molecule has 3 atom stereocenters. The number of piperazine rings is 1. The Morgan fingerprint density at radius 2 is 1.86 bits per heavy atom. The maximum absolute atomic E-state index is 13.4. The second kappa shape index (κ2) is 9.42. The molecule has 1 aromatic carbocycles. The summed E-state index contributed by atoms with van der Waals surface area (Å²) in [6.07, 6.45) is 0. The van der Waals surface area contributed by atoms with Crippen molar-refractivity contribution in [3.05, 3.63) is 41.1 Å². The van der Waals surface area contributed by atoms with Gasteiger partial charge in [-0.05, 0) is 24.6 Å². The number of benzene rings is 1. The van der Waals surface area contributed by atoms with Gasteiger partial charge in [0.2, 0.25) is 5.91 Å². The van der Waals surface area contributed by atoms with Crippen molar-refractivity contribution < 1.29 is 38.6 Å². The number of rotatable bonds is 5. The maximum atomic E-state index is 13.4. The SMILES string of the molecule is CCN1CCN(C(=O)N[C@H](C(=O)N[C@H]2C(=O)N3C4=C(COC4=O)CS[C@@H]23)c2ccc(O)cc2)C(=O)C1=O. The fourth-order valence-corrected chi connectivity index (χ4v) is 5.91. The minimum Gasteiger partial charge on any atom is -0.508 e. The fraction of sp³-hybridized carbons (Fsp3) is 0.391. The van der Waals surface area contributed by atoms with Crippen LogP contribution in [0.4, 0.5) is 4.79 Å². The van der Waals surface area contributed by atoms with E-state index in [9.17, 15) is 33.9 Å². The van der Waals surface area contributed by atoms with Crippen LogP contribution in [0.15, 0.2) is 35.5 Å². The molecule has 13 nitrogen and oxygen atoms in total. The number of carbonyl (C=O) groups is 6. The first-order valence-corrected chi connectivity index (χ1v) is 12.6. The molecular formula is C23H23N5O8S. The van der Waals surface area contributed by atoms with Crippen molar-refractivity contribution in [2.75, 3.05) is 32.0 Å². The monoisotopic (exact) mass is 529 g/mol. The van der Waals surface area contributed by atoms with Crippen LogP contribution in [0.5, 0.6) is 5.75 Å². The summed E-state index contributed by atoms with van der Waals surface area (Å²) in [6, 6.07) is 2.23. The minimum atomic E-state index is -1.35. The van der Waals surface area contributed by atoms with E-state index in [4.69, 9.17) is 4.74 Å². The van der Waals surface area contributed by atoms with E-state index < -0.39 is 53.1 Å². The summed E-state index contributed by atoms with van der Waals surface area (Å²) in [5.41, 5.74) is 1.22. The molecule has 194 valence electrons. The van der Waals surface area contributed by atoms with Crippen LogP contribution < -0.4 is 10.6 Å². The Morgan fingerprint density at radius 3 is 2.57 bits per heavy atom. The highest BCUT2D eigenvalue weighted by Gasteiger charge is 2.56. The third-order valence-electron chi connectivity index (χ3n) is 6.61. The van der Waals surface area contributed by atoms with Gasteiger partial charge in [0.05, 0.1) is 0 Å². The Balaban J connectivity index is 1.33. The van der Waals surface area contributed by atoms with Gasteiger partial charge in [-0.25, -0.2) is 9.59 Å². The number of urea groups is 1. The molecule has 4 aliphatic rings.